The van der Waals surface area contributed by atoms with Gasteiger partial charge in [0, 0.05) is 6.54 Å². The molecule has 0 radical (unpaired) electrons. The standard InChI is InChI=1S/C10H15NO/c1-9(2)12-11-8-10-6-4-3-5-7-10/h3-7,9,11H,8H2,1-2H3. The van der Waals surface area contributed by atoms with Crippen LogP contribution in [-0.4, -0.2) is 6.10 Å². The first-order valence-electron chi connectivity index (χ1n) is 4.21. The van der Waals surface area contributed by atoms with Crippen LogP contribution in [0, 0.1) is 0 Å². The van der Waals surface area contributed by atoms with Crippen molar-refractivity contribution in [3.63, 3.8) is 0 Å². The molecule has 0 aliphatic heterocycles. The van der Waals surface area contributed by atoms with Crippen LogP contribution in [0.5, 0.6) is 0 Å². The van der Waals surface area contributed by atoms with Crippen molar-refractivity contribution in [3.05, 3.63) is 35.9 Å². The molecular formula is C10H15NO. The van der Waals surface area contributed by atoms with Crippen molar-refractivity contribution in [3.8, 4) is 0 Å². The molecule has 0 aliphatic rings. The molecule has 0 atom stereocenters. The first kappa shape index (κ1) is 9.23. The van der Waals surface area contributed by atoms with Gasteiger partial charge in [-0.2, -0.15) is 5.48 Å². The Hall–Kier alpha value is -0.860. The Balaban J connectivity index is 2.25. The fraction of sp³-hybridized carbons (Fsp3) is 0.400. The third kappa shape index (κ3) is 3.51. The molecule has 12 heavy (non-hydrogen) atoms. The van der Waals surface area contributed by atoms with Crippen LogP contribution in [0.3, 0.4) is 0 Å². The Morgan fingerprint density at radius 1 is 1.25 bits per heavy atom. The quantitative estimate of drug-likeness (QED) is 0.690. The van der Waals surface area contributed by atoms with Gasteiger partial charge in [0.05, 0.1) is 6.10 Å². The minimum Gasteiger partial charge on any atom is -0.299 e. The van der Waals surface area contributed by atoms with Crippen LogP contribution in [0.25, 0.3) is 0 Å². The fourth-order valence-corrected chi connectivity index (χ4v) is 0.888. The maximum atomic E-state index is 5.20. The van der Waals surface area contributed by atoms with E-state index in [1.54, 1.807) is 0 Å². The molecule has 0 bridgehead atoms. The molecular weight excluding hydrogens is 150 g/mol. The van der Waals surface area contributed by atoms with Crippen LogP contribution in [-0.2, 0) is 11.4 Å². The molecule has 0 aromatic heterocycles. The van der Waals surface area contributed by atoms with E-state index in [1.807, 2.05) is 32.0 Å². The fourth-order valence-electron chi connectivity index (χ4n) is 0.888. The number of hydrogen-bond donors (Lipinski definition) is 1. The van der Waals surface area contributed by atoms with Gasteiger partial charge in [0.15, 0.2) is 0 Å². The Labute approximate surface area is 73.5 Å². The highest BCUT2D eigenvalue weighted by Gasteiger charge is 1.92. The summed E-state index contributed by atoms with van der Waals surface area (Å²) in [5, 5.41) is 0. The van der Waals surface area contributed by atoms with Crippen molar-refractivity contribution < 1.29 is 4.84 Å². The van der Waals surface area contributed by atoms with E-state index in [1.165, 1.54) is 5.56 Å². The molecule has 2 heteroatoms. The van der Waals surface area contributed by atoms with Gasteiger partial charge in [-0.15, -0.1) is 0 Å². The second-order valence-electron chi connectivity index (χ2n) is 2.97. The topological polar surface area (TPSA) is 21.3 Å². The van der Waals surface area contributed by atoms with Crippen LogP contribution >= 0.6 is 0 Å². The summed E-state index contributed by atoms with van der Waals surface area (Å²) in [4.78, 5) is 5.20. The van der Waals surface area contributed by atoms with Crippen molar-refractivity contribution in [2.24, 2.45) is 0 Å². The lowest BCUT2D eigenvalue weighted by Crippen LogP contribution is -2.18. The summed E-state index contributed by atoms with van der Waals surface area (Å²) in [5.74, 6) is 0. The Morgan fingerprint density at radius 2 is 1.92 bits per heavy atom. The molecule has 1 N–H and O–H groups in total. The molecule has 1 aromatic carbocycles. The van der Waals surface area contributed by atoms with Gasteiger partial charge in [-0.1, -0.05) is 30.3 Å². The predicted octanol–water partition coefficient (Wildman–Crippen LogP) is 2.12. The number of hydrogen-bond acceptors (Lipinski definition) is 2. The van der Waals surface area contributed by atoms with Crippen molar-refractivity contribution in [2.75, 3.05) is 0 Å². The average Bonchev–Trinajstić information content (AvgIpc) is 2.05. The SMILES string of the molecule is CC(C)ONCc1ccccc1. The van der Waals surface area contributed by atoms with Crippen LogP contribution in [0.2, 0.25) is 0 Å². The summed E-state index contributed by atoms with van der Waals surface area (Å²) < 4.78 is 0. The monoisotopic (exact) mass is 165 g/mol. The van der Waals surface area contributed by atoms with Crippen LogP contribution in [0.15, 0.2) is 30.3 Å². The highest BCUT2D eigenvalue weighted by molar-refractivity contribution is 5.13. The Bertz CT molecular complexity index is 208. The third-order valence-electron chi connectivity index (χ3n) is 1.44. The number of hydroxylamine groups is 1. The number of rotatable bonds is 4. The molecule has 0 unspecified atom stereocenters. The van der Waals surface area contributed by atoms with E-state index in [-0.39, 0.29) is 6.10 Å². The summed E-state index contributed by atoms with van der Waals surface area (Å²) in [6.07, 6.45) is 0.230. The lowest BCUT2D eigenvalue weighted by Gasteiger charge is -2.07. The largest absolute Gasteiger partial charge is 0.299 e. The van der Waals surface area contributed by atoms with Gasteiger partial charge in [-0.25, -0.2) is 0 Å². The van der Waals surface area contributed by atoms with E-state index in [4.69, 9.17) is 4.84 Å². The van der Waals surface area contributed by atoms with E-state index in [2.05, 4.69) is 17.6 Å². The second kappa shape index (κ2) is 4.91. The molecule has 0 amide bonds. The molecule has 0 spiro atoms. The molecule has 66 valence electrons. The molecule has 1 rings (SSSR count). The third-order valence-corrected chi connectivity index (χ3v) is 1.44. The predicted molar refractivity (Wildman–Crippen MR) is 49.5 cm³/mol. The van der Waals surface area contributed by atoms with Gasteiger partial charge in [0.2, 0.25) is 0 Å². The van der Waals surface area contributed by atoms with Gasteiger partial charge in [-0.05, 0) is 19.4 Å². The van der Waals surface area contributed by atoms with E-state index in [9.17, 15) is 0 Å². The summed E-state index contributed by atoms with van der Waals surface area (Å²) in [6.45, 7) is 4.76. The van der Waals surface area contributed by atoms with E-state index in [0.29, 0.717) is 0 Å². The smallest absolute Gasteiger partial charge is 0.0734 e. The second-order valence-corrected chi connectivity index (χ2v) is 2.97. The highest BCUT2D eigenvalue weighted by atomic mass is 16.7. The summed E-state index contributed by atoms with van der Waals surface area (Å²) in [7, 11) is 0. The molecule has 0 saturated carbocycles. The molecule has 0 fully saturated rings. The van der Waals surface area contributed by atoms with E-state index < -0.39 is 0 Å². The van der Waals surface area contributed by atoms with E-state index in [0.717, 1.165) is 6.54 Å². The zero-order valence-electron chi connectivity index (χ0n) is 7.58. The first-order chi connectivity index (χ1) is 5.79. The molecule has 2 nitrogen and oxygen atoms in total. The highest BCUT2D eigenvalue weighted by Crippen LogP contribution is 1.97. The van der Waals surface area contributed by atoms with Crippen molar-refractivity contribution in [2.45, 2.75) is 26.5 Å². The molecule has 0 heterocycles. The van der Waals surface area contributed by atoms with Crippen LogP contribution < -0.4 is 5.48 Å². The van der Waals surface area contributed by atoms with Gasteiger partial charge in [0.1, 0.15) is 0 Å². The van der Waals surface area contributed by atoms with Crippen molar-refractivity contribution >= 4 is 0 Å². The van der Waals surface area contributed by atoms with E-state index >= 15 is 0 Å². The maximum Gasteiger partial charge on any atom is 0.0734 e. The van der Waals surface area contributed by atoms with Crippen LogP contribution in [0.4, 0.5) is 0 Å². The van der Waals surface area contributed by atoms with Gasteiger partial charge < -0.3 is 0 Å². The maximum absolute atomic E-state index is 5.20. The zero-order valence-corrected chi connectivity index (χ0v) is 7.58. The summed E-state index contributed by atoms with van der Waals surface area (Å²) in [6, 6.07) is 10.2. The lowest BCUT2D eigenvalue weighted by molar-refractivity contribution is -0.00883. The Morgan fingerprint density at radius 3 is 2.50 bits per heavy atom. The minimum atomic E-state index is 0.230. The normalized spacial score (nSPS) is 10.6. The van der Waals surface area contributed by atoms with Gasteiger partial charge in [-0.3, -0.25) is 4.84 Å². The van der Waals surface area contributed by atoms with Gasteiger partial charge >= 0.3 is 0 Å². The lowest BCUT2D eigenvalue weighted by atomic mass is 10.2. The van der Waals surface area contributed by atoms with Gasteiger partial charge in [0.25, 0.3) is 0 Å². The van der Waals surface area contributed by atoms with Crippen molar-refractivity contribution in [1.29, 1.82) is 0 Å². The molecule has 0 aliphatic carbocycles. The van der Waals surface area contributed by atoms with Crippen LogP contribution in [0.1, 0.15) is 19.4 Å². The Kier molecular flexibility index (Phi) is 3.77. The number of nitrogens with one attached hydrogen (secondary N) is 1. The minimum absolute atomic E-state index is 0.230. The number of benzene rings is 1. The average molecular weight is 165 g/mol. The first-order valence-corrected chi connectivity index (χ1v) is 4.21. The summed E-state index contributed by atoms with van der Waals surface area (Å²) in [5.41, 5.74) is 4.14. The molecule has 0 saturated heterocycles. The molecule has 1 aromatic rings. The van der Waals surface area contributed by atoms with Crippen molar-refractivity contribution in [1.82, 2.24) is 5.48 Å². The summed E-state index contributed by atoms with van der Waals surface area (Å²) >= 11 is 0. The zero-order chi connectivity index (χ0) is 8.81.